The lowest BCUT2D eigenvalue weighted by atomic mass is 9.98. The third kappa shape index (κ3) is 3.88. The lowest BCUT2D eigenvalue weighted by molar-refractivity contribution is -0.135. The number of aromatic nitrogens is 5. The lowest BCUT2D eigenvalue weighted by Gasteiger charge is -2.40. The summed E-state index contributed by atoms with van der Waals surface area (Å²) < 4.78 is 32.2. The largest absolute Gasteiger partial charge is 0.395 e. The molecule has 0 spiro atoms. The van der Waals surface area contributed by atoms with Crippen LogP contribution in [0.5, 0.6) is 0 Å². The predicted molar refractivity (Wildman–Crippen MR) is 138 cm³/mol. The molecule has 0 unspecified atom stereocenters. The Morgan fingerprint density at radius 2 is 1.95 bits per heavy atom. The number of pyridine rings is 1. The molecule has 6 rings (SSSR count). The molecule has 198 valence electrons. The van der Waals surface area contributed by atoms with E-state index >= 15 is 0 Å². The fourth-order valence-electron chi connectivity index (χ4n) is 5.72. The molecule has 1 fully saturated rings. The van der Waals surface area contributed by atoms with Gasteiger partial charge in [-0.1, -0.05) is 12.1 Å². The molecular weight excluding hydrogens is 492 g/mol. The molecule has 4 aromatic rings. The second kappa shape index (κ2) is 9.25. The maximum Gasteiger partial charge on any atom is 0.265 e. The zero-order valence-corrected chi connectivity index (χ0v) is 21.5. The minimum Gasteiger partial charge on any atom is -0.395 e. The van der Waals surface area contributed by atoms with Gasteiger partial charge in [0.2, 0.25) is 5.91 Å². The van der Waals surface area contributed by atoms with Gasteiger partial charge in [-0.25, -0.2) is 18.7 Å². The van der Waals surface area contributed by atoms with Crippen LogP contribution in [-0.2, 0) is 18.4 Å². The van der Waals surface area contributed by atoms with Gasteiger partial charge >= 0.3 is 0 Å². The smallest absolute Gasteiger partial charge is 0.265 e. The minimum atomic E-state index is -2.72. The van der Waals surface area contributed by atoms with Crippen LogP contribution in [0.1, 0.15) is 42.4 Å². The first-order valence-electron chi connectivity index (χ1n) is 12.7. The van der Waals surface area contributed by atoms with E-state index in [1.165, 1.54) is 12.3 Å². The van der Waals surface area contributed by atoms with Gasteiger partial charge in [0.1, 0.15) is 11.9 Å². The third-order valence-electron chi connectivity index (χ3n) is 7.64. The Bertz CT molecular complexity index is 1540. The molecule has 1 aromatic carbocycles. The first-order chi connectivity index (χ1) is 18.3. The summed E-state index contributed by atoms with van der Waals surface area (Å²) in [5.41, 5.74) is 3.45. The molecule has 0 saturated carbocycles. The van der Waals surface area contributed by atoms with Gasteiger partial charge in [0, 0.05) is 67.9 Å². The number of imidazole rings is 1. The second-order valence-electron chi connectivity index (χ2n) is 10.2. The van der Waals surface area contributed by atoms with Crippen molar-refractivity contribution in [2.45, 2.75) is 31.9 Å². The average Bonchev–Trinajstić information content (AvgIpc) is 3.47. The summed E-state index contributed by atoms with van der Waals surface area (Å²) in [5, 5.41) is 14.0. The first-order valence-corrected chi connectivity index (χ1v) is 12.7. The molecule has 2 aliphatic rings. The molecule has 1 atom stereocenters. The summed E-state index contributed by atoms with van der Waals surface area (Å²) in [4.78, 5) is 26.5. The van der Waals surface area contributed by atoms with Crippen molar-refractivity contribution in [3.05, 3.63) is 53.7 Å². The number of hydrogen-bond acceptors (Lipinski definition) is 6. The lowest BCUT2D eigenvalue weighted by Crippen LogP contribution is -2.48. The Morgan fingerprint density at radius 1 is 1.16 bits per heavy atom. The number of fused-ring (bicyclic) bond motifs is 2. The Hall–Kier alpha value is -3.70. The SMILES string of the molecule is C[C@@H]1C(=O)N(C)Cc2c(-c3cccc4nc(-c5cnn(C)c5)c(C(F)F)cc34)nc(C3CN(CCO)C3)n21. The molecule has 5 heterocycles. The number of halogens is 2. The quantitative estimate of drug-likeness (QED) is 0.418. The topological polar surface area (TPSA) is 92.3 Å². The number of nitrogens with zero attached hydrogens (tertiary/aromatic N) is 7. The molecule has 3 aromatic heterocycles. The number of likely N-dealkylation sites (tertiary alicyclic amines) is 1. The van der Waals surface area contributed by atoms with E-state index < -0.39 is 12.5 Å². The highest BCUT2D eigenvalue weighted by Crippen LogP contribution is 2.41. The highest BCUT2D eigenvalue weighted by molar-refractivity contribution is 5.96. The molecule has 9 nitrogen and oxygen atoms in total. The van der Waals surface area contributed by atoms with Crippen LogP contribution in [-0.4, -0.2) is 78.4 Å². The van der Waals surface area contributed by atoms with Gasteiger partial charge in [-0.15, -0.1) is 0 Å². The van der Waals surface area contributed by atoms with E-state index in [9.17, 15) is 18.7 Å². The predicted octanol–water partition coefficient (Wildman–Crippen LogP) is 3.36. The van der Waals surface area contributed by atoms with Gasteiger partial charge in [0.25, 0.3) is 6.43 Å². The standard InChI is InChI=1S/C27H29F2N7O2/c1-15-27(38)33(2)14-22-24(32-26(36(15)22)17-12-35(13-17)7-8-37)18-5-4-6-21-19(18)9-20(25(28)29)23(31-21)16-10-30-34(3)11-16/h4-6,9-11,15,17,25,37H,7-8,12-14H2,1-3H3/t15-/m1/s1. The van der Waals surface area contributed by atoms with E-state index in [1.54, 1.807) is 29.9 Å². The van der Waals surface area contributed by atoms with E-state index in [-0.39, 0.29) is 29.7 Å². The number of likely N-dealkylation sites (N-methyl/N-ethyl adjacent to an activating group) is 1. The molecule has 1 saturated heterocycles. The van der Waals surface area contributed by atoms with Crippen molar-refractivity contribution >= 4 is 16.8 Å². The molecule has 0 bridgehead atoms. The van der Waals surface area contributed by atoms with Crippen molar-refractivity contribution in [3.63, 3.8) is 0 Å². The van der Waals surface area contributed by atoms with Gasteiger partial charge in [-0.2, -0.15) is 5.10 Å². The van der Waals surface area contributed by atoms with Crippen LogP contribution in [0.2, 0.25) is 0 Å². The number of amides is 1. The number of benzene rings is 1. The highest BCUT2D eigenvalue weighted by Gasteiger charge is 2.39. The van der Waals surface area contributed by atoms with Crippen molar-refractivity contribution in [3.8, 4) is 22.5 Å². The number of aryl methyl sites for hydroxylation is 1. The van der Waals surface area contributed by atoms with E-state index in [0.29, 0.717) is 40.8 Å². The number of aliphatic hydroxyl groups excluding tert-OH is 1. The highest BCUT2D eigenvalue weighted by atomic mass is 19.3. The second-order valence-corrected chi connectivity index (χ2v) is 10.2. The van der Waals surface area contributed by atoms with E-state index in [1.807, 2.05) is 29.7 Å². The Morgan fingerprint density at radius 3 is 2.63 bits per heavy atom. The van der Waals surface area contributed by atoms with Gasteiger partial charge in [-0.05, 0) is 19.1 Å². The molecule has 11 heteroatoms. The summed E-state index contributed by atoms with van der Waals surface area (Å²) in [6.45, 7) is 4.42. The van der Waals surface area contributed by atoms with Gasteiger partial charge in [0.15, 0.2) is 0 Å². The van der Waals surface area contributed by atoms with Crippen LogP contribution in [0.25, 0.3) is 33.4 Å². The summed E-state index contributed by atoms with van der Waals surface area (Å²) in [5.74, 6) is 0.953. The van der Waals surface area contributed by atoms with E-state index in [2.05, 4.69) is 15.0 Å². The van der Waals surface area contributed by atoms with Crippen molar-refractivity contribution in [2.75, 3.05) is 33.3 Å². The molecule has 38 heavy (non-hydrogen) atoms. The Labute approximate surface area is 218 Å². The number of carbonyl (C=O) groups is 1. The van der Waals surface area contributed by atoms with Crippen LogP contribution < -0.4 is 0 Å². The Balaban J connectivity index is 1.53. The monoisotopic (exact) mass is 521 g/mol. The number of alkyl halides is 2. The number of hydrogen-bond donors (Lipinski definition) is 1. The summed E-state index contributed by atoms with van der Waals surface area (Å²) in [7, 11) is 3.50. The maximum atomic E-state index is 14.3. The molecule has 1 amide bonds. The van der Waals surface area contributed by atoms with E-state index in [4.69, 9.17) is 4.98 Å². The molecule has 0 radical (unpaired) electrons. The fourth-order valence-corrected chi connectivity index (χ4v) is 5.72. The molecule has 0 aliphatic carbocycles. The maximum absolute atomic E-state index is 14.3. The van der Waals surface area contributed by atoms with Crippen LogP contribution in [0.3, 0.4) is 0 Å². The van der Waals surface area contributed by atoms with Crippen molar-refractivity contribution in [2.24, 2.45) is 7.05 Å². The van der Waals surface area contributed by atoms with Crippen LogP contribution >= 0.6 is 0 Å². The third-order valence-corrected chi connectivity index (χ3v) is 7.64. The van der Waals surface area contributed by atoms with Gasteiger partial charge in [-0.3, -0.25) is 14.4 Å². The number of β-amino-alcohol motifs (C(OH)–C–C–N with tert-alkyl or cyclic N) is 1. The van der Waals surface area contributed by atoms with Gasteiger partial charge in [0.05, 0.1) is 41.9 Å². The number of carbonyl (C=O) groups excluding carboxylic acids is 1. The summed E-state index contributed by atoms with van der Waals surface area (Å²) in [6.07, 6.45) is 0.488. The average molecular weight is 522 g/mol. The number of aliphatic hydroxyl groups is 1. The van der Waals surface area contributed by atoms with Gasteiger partial charge < -0.3 is 14.6 Å². The zero-order chi connectivity index (χ0) is 26.7. The normalized spacial score (nSPS) is 18.4. The first kappa shape index (κ1) is 24.6. The molecular formula is C27H29F2N7O2. The molecule has 1 N–H and O–H groups in total. The van der Waals surface area contributed by atoms with Crippen LogP contribution in [0.4, 0.5) is 8.78 Å². The van der Waals surface area contributed by atoms with Crippen molar-refractivity contribution in [1.29, 1.82) is 0 Å². The van der Waals surface area contributed by atoms with Crippen molar-refractivity contribution in [1.82, 2.24) is 34.1 Å². The summed E-state index contributed by atoms with van der Waals surface area (Å²) in [6, 6.07) is 6.65. The van der Waals surface area contributed by atoms with Crippen LogP contribution in [0.15, 0.2) is 36.7 Å². The van der Waals surface area contributed by atoms with Crippen molar-refractivity contribution < 1.29 is 18.7 Å². The van der Waals surface area contributed by atoms with E-state index in [0.717, 1.165) is 24.6 Å². The fraction of sp³-hybridized carbons (Fsp3) is 0.407. The Kier molecular flexibility index (Phi) is 5.99. The number of rotatable bonds is 6. The van der Waals surface area contributed by atoms with Crippen LogP contribution in [0, 0.1) is 0 Å². The molecule has 2 aliphatic heterocycles. The minimum absolute atomic E-state index is 0.00919. The summed E-state index contributed by atoms with van der Waals surface area (Å²) >= 11 is 0. The zero-order valence-electron chi connectivity index (χ0n) is 21.5.